The topological polar surface area (TPSA) is 81.4 Å². The molecule has 5 heteroatoms. The van der Waals surface area contributed by atoms with E-state index in [0.29, 0.717) is 0 Å². The molecule has 0 heterocycles. The van der Waals surface area contributed by atoms with E-state index < -0.39 is 11.3 Å². The molecule has 0 atom stereocenters. The molecule has 3 N–H and O–H groups in total. The Morgan fingerprint density at radius 2 is 1.48 bits per heavy atom. The van der Waals surface area contributed by atoms with Crippen molar-refractivity contribution in [2.45, 2.75) is 20.0 Å². The molecule has 0 aliphatic rings. The number of rotatable bonds is 8. The van der Waals surface area contributed by atoms with Crippen molar-refractivity contribution in [1.29, 1.82) is 0 Å². The van der Waals surface area contributed by atoms with Crippen LogP contribution in [0.15, 0.2) is 60.7 Å². The van der Waals surface area contributed by atoms with Crippen molar-refractivity contribution in [3.8, 4) is 0 Å². The minimum Gasteiger partial charge on any atom is -0.369 e. The van der Waals surface area contributed by atoms with Crippen LogP contribution in [0.25, 0.3) is 0 Å². The lowest BCUT2D eigenvalue weighted by Gasteiger charge is -2.22. The van der Waals surface area contributed by atoms with Crippen LogP contribution in [0.5, 0.6) is 0 Å². The number of nitrogens with two attached hydrogens (primary N) is 1. The summed E-state index contributed by atoms with van der Waals surface area (Å²) in [5.74, 6) is -0.744. The second-order valence-electron chi connectivity index (χ2n) is 6.54. The summed E-state index contributed by atoms with van der Waals surface area (Å²) in [6.07, 6.45) is -0.336. The van der Waals surface area contributed by atoms with E-state index in [2.05, 4.69) is 5.32 Å². The summed E-state index contributed by atoms with van der Waals surface area (Å²) in [5, 5.41) is 2.70. The smallest absolute Gasteiger partial charge is 0.246 e. The van der Waals surface area contributed by atoms with Crippen LogP contribution in [-0.4, -0.2) is 25.0 Å². The van der Waals surface area contributed by atoms with Gasteiger partial charge in [-0.2, -0.15) is 0 Å². The van der Waals surface area contributed by atoms with E-state index in [-0.39, 0.29) is 25.2 Å². The van der Waals surface area contributed by atoms with Crippen LogP contribution in [0.2, 0.25) is 0 Å². The summed E-state index contributed by atoms with van der Waals surface area (Å²) >= 11 is 0. The van der Waals surface area contributed by atoms with E-state index in [4.69, 9.17) is 10.5 Å². The van der Waals surface area contributed by atoms with Gasteiger partial charge in [0, 0.05) is 6.54 Å². The molecule has 2 amide bonds. The molecule has 2 aromatic rings. The molecule has 0 spiro atoms. The summed E-state index contributed by atoms with van der Waals surface area (Å²) in [7, 11) is 0. The molecule has 0 saturated heterocycles. The highest BCUT2D eigenvalue weighted by molar-refractivity contribution is 5.82. The van der Waals surface area contributed by atoms with E-state index in [0.717, 1.165) is 11.1 Å². The van der Waals surface area contributed by atoms with Crippen molar-refractivity contribution in [3.05, 3.63) is 71.8 Å². The fraction of sp³-hybridized carbons (Fsp3) is 0.300. The highest BCUT2D eigenvalue weighted by Crippen LogP contribution is 2.25. The van der Waals surface area contributed by atoms with Gasteiger partial charge < -0.3 is 15.8 Å². The summed E-state index contributed by atoms with van der Waals surface area (Å²) in [5.41, 5.74) is 6.45. The maximum atomic E-state index is 12.1. The molecule has 5 nitrogen and oxygen atoms in total. The number of primary amides is 1. The Kier molecular flexibility index (Phi) is 6.31. The Morgan fingerprint density at radius 1 is 1.00 bits per heavy atom. The second kappa shape index (κ2) is 8.44. The zero-order valence-electron chi connectivity index (χ0n) is 14.6. The standard InChI is InChI=1S/C20H24N2O3/c1-20(2,19(21)24)14-22-17(23)13-25-18(15-9-5-3-6-10-15)16-11-7-4-8-12-16/h3-12,18H,13-14H2,1-2H3,(H2,21,24)(H,22,23). The molecule has 0 aromatic heterocycles. The highest BCUT2D eigenvalue weighted by atomic mass is 16.5. The first kappa shape index (κ1) is 18.7. The monoisotopic (exact) mass is 340 g/mol. The molecule has 2 aromatic carbocycles. The number of nitrogens with one attached hydrogen (secondary N) is 1. The Balaban J connectivity index is 2.01. The van der Waals surface area contributed by atoms with Gasteiger partial charge in [-0.25, -0.2) is 0 Å². The van der Waals surface area contributed by atoms with Crippen molar-refractivity contribution >= 4 is 11.8 Å². The minimum atomic E-state index is -0.798. The van der Waals surface area contributed by atoms with Gasteiger partial charge in [0.2, 0.25) is 11.8 Å². The average molecular weight is 340 g/mol. The first-order valence-electron chi connectivity index (χ1n) is 8.18. The van der Waals surface area contributed by atoms with E-state index in [1.807, 2.05) is 60.7 Å². The first-order chi connectivity index (χ1) is 11.9. The minimum absolute atomic E-state index is 0.108. The molecule has 0 fully saturated rings. The van der Waals surface area contributed by atoms with Crippen LogP contribution in [-0.2, 0) is 14.3 Å². The molecule has 132 valence electrons. The van der Waals surface area contributed by atoms with Crippen LogP contribution in [0.3, 0.4) is 0 Å². The molecule has 0 aliphatic carbocycles. The van der Waals surface area contributed by atoms with E-state index in [1.165, 1.54) is 0 Å². The zero-order valence-corrected chi connectivity index (χ0v) is 14.6. The van der Waals surface area contributed by atoms with Crippen LogP contribution < -0.4 is 11.1 Å². The van der Waals surface area contributed by atoms with Gasteiger partial charge in [0.05, 0.1) is 5.41 Å². The number of ether oxygens (including phenoxy) is 1. The predicted octanol–water partition coefficient (Wildman–Crippen LogP) is 2.42. The largest absolute Gasteiger partial charge is 0.369 e. The lowest BCUT2D eigenvalue weighted by Crippen LogP contribution is -2.43. The van der Waals surface area contributed by atoms with Crippen molar-refractivity contribution < 1.29 is 14.3 Å². The molecule has 0 unspecified atom stereocenters. The third-order valence-electron chi connectivity index (χ3n) is 3.98. The number of hydrogen-bond acceptors (Lipinski definition) is 3. The predicted molar refractivity (Wildman–Crippen MR) is 96.7 cm³/mol. The van der Waals surface area contributed by atoms with E-state index in [9.17, 15) is 9.59 Å². The molecular formula is C20H24N2O3. The summed E-state index contributed by atoms with van der Waals surface area (Å²) in [6, 6.07) is 19.5. The summed E-state index contributed by atoms with van der Waals surface area (Å²) < 4.78 is 5.87. The number of amides is 2. The lowest BCUT2D eigenvalue weighted by atomic mass is 9.93. The zero-order chi connectivity index (χ0) is 18.3. The van der Waals surface area contributed by atoms with Crippen molar-refractivity contribution in [2.24, 2.45) is 11.1 Å². The Hall–Kier alpha value is -2.66. The third kappa shape index (κ3) is 5.43. The Labute approximate surface area is 148 Å². The SMILES string of the molecule is CC(C)(CNC(=O)COC(c1ccccc1)c1ccccc1)C(N)=O. The van der Waals surface area contributed by atoms with Crippen molar-refractivity contribution in [1.82, 2.24) is 5.32 Å². The maximum Gasteiger partial charge on any atom is 0.246 e. The first-order valence-corrected chi connectivity index (χ1v) is 8.18. The molecule has 25 heavy (non-hydrogen) atoms. The van der Waals surface area contributed by atoms with Crippen LogP contribution in [0.4, 0.5) is 0 Å². The van der Waals surface area contributed by atoms with Gasteiger partial charge in [-0.05, 0) is 25.0 Å². The van der Waals surface area contributed by atoms with Gasteiger partial charge in [-0.1, -0.05) is 60.7 Å². The van der Waals surface area contributed by atoms with E-state index in [1.54, 1.807) is 13.8 Å². The number of carbonyl (C=O) groups is 2. The highest BCUT2D eigenvalue weighted by Gasteiger charge is 2.25. The Morgan fingerprint density at radius 3 is 1.92 bits per heavy atom. The van der Waals surface area contributed by atoms with Gasteiger partial charge in [-0.3, -0.25) is 9.59 Å². The Bertz CT molecular complexity index is 660. The normalized spacial score (nSPS) is 11.3. The molecule has 0 bridgehead atoms. The molecule has 0 aliphatic heterocycles. The number of benzene rings is 2. The third-order valence-corrected chi connectivity index (χ3v) is 3.98. The van der Waals surface area contributed by atoms with Crippen molar-refractivity contribution in [2.75, 3.05) is 13.2 Å². The average Bonchev–Trinajstić information content (AvgIpc) is 2.62. The van der Waals surface area contributed by atoms with Crippen LogP contribution in [0.1, 0.15) is 31.1 Å². The number of carbonyl (C=O) groups excluding carboxylic acids is 2. The van der Waals surface area contributed by atoms with Gasteiger partial charge in [0.25, 0.3) is 0 Å². The molecular weight excluding hydrogens is 316 g/mol. The maximum absolute atomic E-state index is 12.1. The van der Waals surface area contributed by atoms with Gasteiger partial charge >= 0.3 is 0 Å². The molecule has 0 radical (unpaired) electrons. The quantitative estimate of drug-likeness (QED) is 0.774. The van der Waals surface area contributed by atoms with Crippen LogP contribution in [0, 0.1) is 5.41 Å². The van der Waals surface area contributed by atoms with Crippen molar-refractivity contribution in [3.63, 3.8) is 0 Å². The van der Waals surface area contributed by atoms with Gasteiger partial charge in [0.15, 0.2) is 0 Å². The second-order valence-corrected chi connectivity index (χ2v) is 6.54. The lowest BCUT2D eigenvalue weighted by molar-refractivity contribution is -0.129. The van der Waals surface area contributed by atoms with E-state index >= 15 is 0 Å². The molecule has 0 saturated carbocycles. The van der Waals surface area contributed by atoms with Crippen LogP contribution >= 0.6 is 0 Å². The van der Waals surface area contributed by atoms with Gasteiger partial charge in [0.1, 0.15) is 12.7 Å². The number of hydrogen-bond donors (Lipinski definition) is 2. The summed E-state index contributed by atoms with van der Waals surface area (Å²) in [4.78, 5) is 23.4. The fourth-order valence-corrected chi connectivity index (χ4v) is 2.26. The molecule has 2 rings (SSSR count). The summed E-state index contributed by atoms with van der Waals surface area (Å²) in [6.45, 7) is 3.44. The van der Waals surface area contributed by atoms with Gasteiger partial charge in [-0.15, -0.1) is 0 Å². The fourth-order valence-electron chi connectivity index (χ4n) is 2.26.